The van der Waals surface area contributed by atoms with Crippen molar-refractivity contribution >= 4 is 29.0 Å². The van der Waals surface area contributed by atoms with Gasteiger partial charge in [-0.15, -0.1) is 0 Å². The summed E-state index contributed by atoms with van der Waals surface area (Å²) in [4.78, 5) is 4.36. The second kappa shape index (κ2) is 5.03. The Balaban J connectivity index is 2.14. The van der Waals surface area contributed by atoms with Gasteiger partial charge in [0.05, 0.1) is 15.7 Å². The molecule has 4 heteroatoms. The van der Waals surface area contributed by atoms with Crippen molar-refractivity contribution in [3.63, 3.8) is 0 Å². The molecule has 1 aromatic heterocycles. The highest BCUT2D eigenvalue weighted by Crippen LogP contribution is 2.42. The molecule has 0 bridgehead atoms. The van der Waals surface area contributed by atoms with Gasteiger partial charge in [0, 0.05) is 5.56 Å². The molecular weight excluding hydrogens is 279 g/mol. The molecule has 2 aromatic rings. The summed E-state index contributed by atoms with van der Waals surface area (Å²) in [7, 11) is 0. The number of pyridine rings is 1. The summed E-state index contributed by atoms with van der Waals surface area (Å²) >= 11 is 12.2. The fourth-order valence-corrected chi connectivity index (χ4v) is 2.92. The first-order chi connectivity index (χ1) is 9.16. The van der Waals surface area contributed by atoms with E-state index in [0.717, 1.165) is 11.3 Å². The number of anilines is 1. The molecular formula is C15H14Cl2N2. The SMILES string of the molecule is Nc1nc(-c2ccccc2C2CCC2)c(Cl)cc1Cl. The summed E-state index contributed by atoms with van der Waals surface area (Å²) in [6.07, 6.45) is 3.76. The Labute approximate surface area is 122 Å². The van der Waals surface area contributed by atoms with Crippen LogP contribution in [0.15, 0.2) is 30.3 Å². The van der Waals surface area contributed by atoms with Crippen molar-refractivity contribution in [1.82, 2.24) is 4.98 Å². The lowest BCUT2D eigenvalue weighted by Gasteiger charge is -2.28. The number of rotatable bonds is 2. The zero-order valence-corrected chi connectivity index (χ0v) is 11.9. The lowest BCUT2D eigenvalue weighted by molar-refractivity contribution is 0.420. The topological polar surface area (TPSA) is 38.9 Å². The van der Waals surface area contributed by atoms with Gasteiger partial charge in [0.2, 0.25) is 0 Å². The van der Waals surface area contributed by atoms with E-state index in [0.29, 0.717) is 21.8 Å². The molecule has 0 amide bonds. The molecule has 0 aliphatic heterocycles. The Morgan fingerprint density at radius 2 is 1.84 bits per heavy atom. The molecule has 1 aromatic carbocycles. The molecule has 19 heavy (non-hydrogen) atoms. The number of hydrogen-bond acceptors (Lipinski definition) is 2. The van der Waals surface area contributed by atoms with Gasteiger partial charge in [0.25, 0.3) is 0 Å². The molecule has 3 rings (SSSR count). The van der Waals surface area contributed by atoms with Crippen LogP contribution in [0.5, 0.6) is 0 Å². The first-order valence-corrected chi connectivity index (χ1v) is 7.13. The second-order valence-electron chi connectivity index (χ2n) is 4.90. The molecule has 0 spiro atoms. The third-order valence-corrected chi connectivity index (χ3v) is 4.31. The first kappa shape index (κ1) is 12.8. The summed E-state index contributed by atoms with van der Waals surface area (Å²) in [5.41, 5.74) is 8.91. The predicted molar refractivity (Wildman–Crippen MR) is 80.7 cm³/mol. The molecule has 1 aliphatic rings. The molecule has 0 atom stereocenters. The van der Waals surface area contributed by atoms with Crippen LogP contribution in [-0.4, -0.2) is 4.98 Å². The second-order valence-corrected chi connectivity index (χ2v) is 5.72. The van der Waals surface area contributed by atoms with E-state index in [-0.39, 0.29) is 0 Å². The lowest BCUT2D eigenvalue weighted by atomic mass is 9.78. The summed E-state index contributed by atoms with van der Waals surface area (Å²) in [6.45, 7) is 0. The van der Waals surface area contributed by atoms with E-state index in [1.807, 2.05) is 6.07 Å². The minimum atomic E-state index is 0.324. The molecule has 1 fully saturated rings. The summed E-state index contributed by atoms with van der Waals surface area (Å²) in [5, 5.41) is 0.945. The molecule has 0 saturated heterocycles. The molecule has 0 unspecified atom stereocenters. The Kier molecular flexibility index (Phi) is 3.38. The Morgan fingerprint density at radius 1 is 1.11 bits per heavy atom. The predicted octanol–water partition coefficient (Wildman–Crippen LogP) is 4.91. The Hall–Kier alpha value is -1.25. The van der Waals surface area contributed by atoms with Gasteiger partial charge >= 0.3 is 0 Å². The molecule has 2 N–H and O–H groups in total. The average Bonchev–Trinajstić information content (AvgIpc) is 2.33. The van der Waals surface area contributed by atoms with Gasteiger partial charge in [-0.05, 0) is 30.4 Å². The van der Waals surface area contributed by atoms with Crippen LogP contribution in [0.4, 0.5) is 5.82 Å². The smallest absolute Gasteiger partial charge is 0.143 e. The summed E-state index contributed by atoms with van der Waals surface area (Å²) in [5.74, 6) is 0.940. The number of nitrogen functional groups attached to an aromatic ring is 1. The third-order valence-electron chi connectivity index (χ3n) is 3.72. The van der Waals surface area contributed by atoms with Crippen LogP contribution in [0, 0.1) is 0 Å². The van der Waals surface area contributed by atoms with E-state index < -0.39 is 0 Å². The molecule has 1 aliphatic carbocycles. The van der Waals surface area contributed by atoms with Gasteiger partial charge in [-0.1, -0.05) is 53.9 Å². The van der Waals surface area contributed by atoms with E-state index >= 15 is 0 Å². The normalized spacial score (nSPS) is 15.3. The highest BCUT2D eigenvalue weighted by Gasteiger charge is 2.23. The zero-order valence-electron chi connectivity index (χ0n) is 10.4. The van der Waals surface area contributed by atoms with Gasteiger partial charge in [0.15, 0.2) is 0 Å². The van der Waals surface area contributed by atoms with E-state index in [1.165, 1.54) is 24.8 Å². The Bertz CT molecular complexity index is 622. The van der Waals surface area contributed by atoms with E-state index in [1.54, 1.807) is 6.07 Å². The van der Waals surface area contributed by atoms with Crippen molar-refractivity contribution in [1.29, 1.82) is 0 Å². The fraction of sp³-hybridized carbons (Fsp3) is 0.267. The van der Waals surface area contributed by atoms with Crippen LogP contribution in [-0.2, 0) is 0 Å². The number of nitrogens with zero attached hydrogens (tertiary/aromatic N) is 1. The summed E-state index contributed by atoms with van der Waals surface area (Å²) in [6, 6.07) is 9.93. The van der Waals surface area contributed by atoms with Crippen molar-refractivity contribution < 1.29 is 0 Å². The Morgan fingerprint density at radius 3 is 2.53 bits per heavy atom. The largest absolute Gasteiger partial charge is 0.382 e. The van der Waals surface area contributed by atoms with Crippen LogP contribution >= 0.6 is 23.2 Å². The van der Waals surface area contributed by atoms with E-state index in [2.05, 4.69) is 23.2 Å². The van der Waals surface area contributed by atoms with Crippen LogP contribution in [0.2, 0.25) is 10.0 Å². The number of hydrogen-bond donors (Lipinski definition) is 1. The van der Waals surface area contributed by atoms with Gasteiger partial charge in [-0.2, -0.15) is 0 Å². The maximum atomic E-state index is 6.27. The fourth-order valence-electron chi connectivity index (χ4n) is 2.46. The number of halogens is 2. The molecule has 0 radical (unpaired) electrons. The highest BCUT2D eigenvalue weighted by molar-refractivity contribution is 6.37. The maximum absolute atomic E-state index is 6.27. The van der Waals surface area contributed by atoms with Crippen molar-refractivity contribution in [3.05, 3.63) is 45.9 Å². The van der Waals surface area contributed by atoms with Crippen LogP contribution in [0.25, 0.3) is 11.3 Å². The third kappa shape index (κ3) is 2.31. The summed E-state index contributed by atoms with van der Waals surface area (Å²) < 4.78 is 0. The minimum absolute atomic E-state index is 0.324. The molecule has 1 saturated carbocycles. The first-order valence-electron chi connectivity index (χ1n) is 6.37. The van der Waals surface area contributed by atoms with Gasteiger partial charge in [-0.25, -0.2) is 4.98 Å². The van der Waals surface area contributed by atoms with Crippen LogP contribution < -0.4 is 5.73 Å². The van der Waals surface area contributed by atoms with Crippen molar-refractivity contribution in [2.45, 2.75) is 25.2 Å². The van der Waals surface area contributed by atoms with Crippen molar-refractivity contribution in [2.75, 3.05) is 5.73 Å². The highest BCUT2D eigenvalue weighted by atomic mass is 35.5. The average molecular weight is 293 g/mol. The molecule has 98 valence electrons. The standard InChI is InChI=1S/C15H14Cl2N2/c16-12-8-13(17)15(18)19-14(12)11-7-2-1-6-10(11)9-4-3-5-9/h1-2,6-9H,3-5H2,(H2,18,19). The number of benzene rings is 1. The van der Waals surface area contributed by atoms with Gasteiger partial charge in [-0.3, -0.25) is 0 Å². The van der Waals surface area contributed by atoms with Crippen LogP contribution in [0.3, 0.4) is 0 Å². The number of aromatic nitrogens is 1. The zero-order chi connectivity index (χ0) is 13.4. The van der Waals surface area contributed by atoms with Gasteiger partial charge in [0.1, 0.15) is 5.82 Å². The van der Waals surface area contributed by atoms with Crippen molar-refractivity contribution in [2.24, 2.45) is 0 Å². The monoisotopic (exact) mass is 292 g/mol. The maximum Gasteiger partial charge on any atom is 0.143 e. The molecule has 2 nitrogen and oxygen atoms in total. The minimum Gasteiger partial charge on any atom is -0.382 e. The van der Waals surface area contributed by atoms with E-state index in [9.17, 15) is 0 Å². The molecule has 1 heterocycles. The van der Waals surface area contributed by atoms with Crippen LogP contribution in [0.1, 0.15) is 30.7 Å². The number of nitrogens with two attached hydrogens (primary N) is 1. The quantitative estimate of drug-likeness (QED) is 0.854. The van der Waals surface area contributed by atoms with Crippen molar-refractivity contribution in [3.8, 4) is 11.3 Å². The van der Waals surface area contributed by atoms with Gasteiger partial charge < -0.3 is 5.73 Å². The lowest BCUT2D eigenvalue weighted by Crippen LogP contribution is -2.10. The van der Waals surface area contributed by atoms with E-state index in [4.69, 9.17) is 28.9 Å².